The molecule has 0 fully saturated rings. The van der Waals surface area contributed by atoms with Crippen LogP contribution in [0.1, 0.15) is 37.9 Å². The summed E-state index contributed by atoms with van der Waals surface area (Å²) < 4.78 is 5.12. The average Bonchev–Trinajstić information content (AvgIpc) is 2.34. The van der Waals surface area contributed by atoms with E-state index in [9.17, 15) is 9.90 Å². The smallest absolute Gasteiger partial charge is 0.408 e. The minimum atomic E-state index is -0.603. The van der Waals surface area contributed by atoms with E-state index in [0.29, 0.717) is 11.1 Å². The van der Waals surface area contributed by atoms with Crippen LogP contribution in [-0.4, -0.2) is 23.4 Å². The Labute approximate surface area is 112 Å². The topological polar surface area (TPSA) is 82.3 Å². The third-order valence-electron chi connectivity index (χ3n) is 2.29. The minimum absolute atomic E-state index is 0.270. The largest absolute Gasteiger partial charge is 0.444 e. The molecule has 0 aliphatic carbocycles. The molecule has 1 unspecified atom stereocenters. The summed E-state index contributed by atoms with van der Waals surface area (Å²) in [6.45, 7) is 5.01. The van der Waals surface area contributed by atoms with E-state index in [1.54, 1.807) is 45.0 Å². The molecule has 5 nitrogen and oxygen atoms in total. The van der Waals surface area contributed by atoms with Crippen LogP contribution in [0.25, 0.3) is 0 Å². The molecule has 2 N–H and O–H groups in total. The normalized spacial score (nSPS) is 12.4. The van der Waals surface area contributed by atoms with E-state index in [4.69, 9.17) is 10.00 Å². The van der Waals surface area contributed by atoms with Crippen molar-refractivity contribution >= 4 is 6.09 Å². The number of nitrogens with zero attached hydrogens (tertiary/aromatic N) is 1. The maximum absolute atomic E-state index is 11.6. The Kier molecular flexibility index (Phi) is 4.90. The van der Waals surface area contributed by atoms with Crippen molar-refractivity contribution in [1.82, 2.24) is 5.32 Å². The Hall–Kier alpha value is -2.06. The summed E-state index contributed by atoms with van der Waals surface area (Å²) >= 11 is 0. The number of aliphatic hydroxyl groups excluding tert-OH is 1. The number of aliphatic hydroxyl groups is 1. The first kappa shape index (κ1) is 15.0. The molecule has 1 rings (SSSR count). The third kappa shape index (κ3) is 4.98. The molecule has 0 bridgehead atoms. The molecule has 0 spiro atoms. The van der Waals surface area contributed by atoms with E-state index in [-0.39, 0.29) is 6.61 Å². The first-order chi connectivity index (χ1) is 8.85. The van der Waals surface area contributed by atoms with Gasteiger partial charge in [-0.2, -0.15) is 5.26 Å². The number of nitriles is 1. The van der Waals surface area contributed by atoms with Gasteiger partial charge in [-0.3, -0.25) is 0 Å². The van der Waals surface area contributed by atoms with Crippen LogP contribution in [-0.2, 0) is 4.74 Å². The zero-order valence-corrected chi connectivity index (χ0v) is 11.3. The number of carbonyl (C=O) groups excluding carboxylic acids is 1. The Morgan fingerprint density at radius 1 is 1.53 bits per heavy atom. The predicted molar refractivity (Wildman–Crippen MR) is 70.4 cm³/mol. The van der Waals surface area contributed by atoms with Gasteiger partial charge in [0.05, 0.1) is 24.3 Å². The number of amides is 1. The maximum atomic E-state index is 11.6. The van der Waals surface area contributed by atoms with Gasteiger partial charge in [-0.15, -0.1) is 0 Å². The minimum Gasteiger partial charge on any atom is -0.444 e. The summed E-state index contributed by atoms with van der Waals surface area (Å²) in [5.74, 6) is 0. The number of benzene rings is 1. The molecular formula is C14H18N2O3. The van der Waals surface area contributed by atoms with Crippen molar-refractivity contribution in [3.8, 4) is 6.07 Å². The van der Waals surface area contributed by atoms with Crippen LogP contribution < -0.4 is 5.32 Å². The van der Waals surface area contributed by atoms with Gasteiger partial charge < -0.3 is 15.2 Å². The zero-order chi connectivity index (χ0) is 14.5. The standard InChI is InChI=1S/C14H18N2O3/c1-14(2,3)19-13(18)16-12(9-17)11-6-4-5-10(7-11)8-15/h4-7,12,17H,9H2,1-3H3,(H,16,18). The first-order valence-electron chi connectivity index (χ1n) is 5.96. The lowest BCUT2D eigenvalue weighted by Crippen LogP contribution is -2.36. The van der Waals surface area contributed by atoms with Crippen LogP contribution >= 0.6 is 0 Å². The van der Waals surface area contributed by atoms with Crippen LogP contribution in [0.4, 0.5) is 4.79 Å². The fourth-order valence-corrected chi connectivity index (χ4v) is 1.51. The number of hydrogen-bond acceptors (Lipinski definition) is 4. The maximum Gasteiger partial charge on any atom is 0.408 e. The number of carbonyl (C=O) groups is 1. The molecule has 1 atom stereocenters. The van der Waals surface area contributed by atoms with Crippen molar-refractivity contribution in [2.75, 3.05) is 6.61 Å². The van der Waals surface area contributed by atoms with Crippen LogP contribution in [0.15, 0.2) is 24.3 Å². The quantitative estimate of drug-likeness (QED) is 0.874. The fraction of sp³-hybridized carbons (Fsp3) is 0.429. The molecule has 0 aliphatic heterocycles. The molecule has 0 aromatic heterocycles. The molecule has 0 saturated heterocycles. The molecule has 0 aliphatic rings. The molecule has 1 aromatic carbocycles. The van der Waals surface area contributed by atoms with Crippen molar-refractivity contribution < 1.29 is 14.6 Å². The van der Waals surface area contributed by atoms with Gasteiger partial charge in [0, 0.05) is 0 Å². The average molecular weight is 262 g/mol. The van der Waals surface area contributed by atoms with E-state index in [2.05, 4.69) is 5.32 Å². The lowest BCUT2D eigenvalue weighted by atomic mass is 10.1. The zero-order valence-electron chi connectivity index (χ0n) is 11.3. The van der Waals surface area contributed by atoms with Crippen LogP contribution in [0.2, 0.25) is 0 Å². The highest BCUT2D eigenvalue weighted by Crippen LogP contribution is 2.15. The molecule has 102 valence electrons. The SMILES string of the molecule is CC(C)(C)OC(=O)NC(CO)c1cccc(C#N)c1. The second-order valence-electron chi connectivity index (χ2n) is 5.12. The number of ether oxygens (including phenoxy) is 1. The number of alkyl carbamates (subject to hydrolysis) is 1. The molecule has 0 saturated carbocycles. The molecule has 19 heavy (non-hydrogen) atoms. The van der Waals surface area contributed by atoms with Crippen LogP contribution in [0.3, 0.4) is 0 Å². The van der Waals surface area contributed by atoms with E-state index >= 15 is 0 Å². The van der Waals surface area contributed by atoms with Gasteiger partial charge in [0.15, 0.2) is 0 Å². The lowest BCUT2D eigenvalue weighted by Gasteiger charge is -2.23. The number of hydrogen-bond donors (Lipinski definition) is 2. The fourth-order valence-electron chi connectivity index (χ4n) is 1.51. The van der Waals surface area contributed by atoms with Gasteiger partial charge in [0.25, 0.3) is 0 Å². The van der Waals surface area contributed by atoms with Gasteiger partial charge in [0.1, 0.15) is 5.60 Å². The van der Waals surface area contributed by atoms with Gasteiger partial charge in [-0.1, -0.05) is 12.1 Å². The monoisotopic (exact) mass is 262 g/mol. The Morgan fingerprint density at radius 2 is 2.21 bits per heavy atom. The Bertz CT molecular complexity index is 486. The molecule has 0 heterocycles. The van der Waals surface area contributed by atoms with Gasteiger partial charge in [0.2, 0.25) is 0 Å². The second kappa shape index (κ2) is 6.21. The second-order valence-corrected chi connectivity index (χ2v) is 5.12. The van der Waals surface area contributed by atoms with E-state index in [1.807, 2.05) is 6.07 Å². The molecular weight excluding hydrogens is 244 g/mol. The first-order valence-corrected chi connectivity index (χ1v) is 5.96. The van der Waals surface area contributed by atoms with Crippen LogP contribution in [0.5, 0.6) is 0 Å². The van der Waals surface area contributed by atoms with Crippen LogP contribution in [0, 0.1) is 11.3 Å². The highest BCUT2D eigenvalue weighted by atomic mass is 16.6. The van der Waals surface area contributed by atoms with E-state index in [1.165, 1.54) is 0 Å². The summed E-state index contributed by atoms with van der Waals surface area (Å²) in [5, 5.41) is 20.7. The lowest BCUT2D eigenvalue weighted by molar-refractivity contribution is 0.0482. The van der Waals surface area contributed by atoms with Crippen molar-refractivity contribution in [3.05, 3.63) is 35.4 Å². The summed E-state index contributed by atoms with van der Waals surface area (Å²) in [4.78, 5) is 11.6. The Morgan fingerprint density at radius 3 is 2.74 bits per heavy atom. The number of rotatable bonds is 3. The predicted octanol–water partition coefficient (Wildman–Crippen LogP) is 2.12. The van der Waals surface area contributed by atoms with Crippen molar-refractivity contribution in [3.63, 3.8) is 0 Å². The van der Waals surface area contributed by atoms with Crippen molar-refractivity contribution in [2.24, 2.45) is 0 Å². The summed E-state index contributed by atoms with van der Waals surface area (Å²) in [6.07, 6.45) is -0.603. The van der Waals surface area contributed by atoms with Crippen molar-refractivity contribution in [1.29, 1.82) is 5.26 Å². The highest BCUT2D eigenvalue weighted by Gasteiger charge is 2.20. The summed E-state index contributed by atoms with van der Waals surface area (Å²) in [7, 11) is 0. The van der Waals surface area contributed by atoms with Gasteiger partial charge in [-0.05, 0) is 38.5 Å². The number of nitrogens with one attached hydrogen (secondary N) is 1. The van der Waals surface area contributed by atoms with E-state index in [0.717, 1.165) is 0 Å². The van der Waals surface area contributed by atoms with Gasteiger partial charge >= 0.3 is 6.09 Å². The summed E-state index contributed by atoms with van der Waals surface area (Å²) in [5.41, 5.74) is 0.535. The highest BCUT2D eigenvalue weighted by molar-refractivity contribution is 5.68. The van der Waals surface area contributed by atoms with E-state index < -0.39 is 17.7 Å². The summed E-state index contributed by atoms with van der Waals surface area (Å²) in [6, 6.07) is 8.14. The van der Waals surface area contributed by atoms with Gasteiger partial charge in [-0.25, -0.2) is 4.79 Å². The molecule has 0 radical (unpaired) electrons. The Balaban J connectivity index is 2.78. The third-order valence-corrected chi connectivity index (χ3v) is 2.29. The molecule has 1 aromatic rings. The van der Waals surface area contributed by atoms with Crippen molar-refractivity contribution in [2.45, 2.75) is 32.4 Å². The molecule has 1 amide bonds. The molecule has 5 heteroatoms.